The summed E-state index contributed by atoms with van der Waals surface area (Å²) in [6.07, 6.45) is 1.27. The van der Waals surface area contributed by atoms with E-state index in [-0.39, 0.29) is 31.4 Å². The quantitative estimate of drug-likeness (QED) is 0.0553. The lowest BCUT2D eigenvalue weighted by atomic mass is 10.0. The molecule has 0 aromatic heterocycles. The van der Waals surface area contributed by atoms with Crippen molar-refractivity contribution in [1.82, 2.24) is 26.2 Å². The van der Waals surface area contributed by atoms with Crippen molar-refractivity contribution < 1.29 is 33.9 Å². The Hall–Kier alpha value is -3.95. The summed E-state index contributed by atoms with van der Waals surface area (Å²) in [4.78, 5) is 79.6. The highest BCUT2D eigenvalue weighted by Crippen LogP contribution is 2.20. The average molecular weight is 570 g/mol. The summed E-state index contributed by atoms with van der Waals surface area (Å²) in [6.45, 7) is 6.39. The van der Waals surface area contributed by atoms with Crippen LogP contribution < -0.4 is 38.5 Å². The maximum atomic E-state index is 13.4. The van der Waals surface area contributed by atoms with Gasteiger partial charge in [-0.3, -0.25) is 29.0 Å². The lowest BCUT2D eigenvalue weighted by molar-refractivity contribution is -0.143. The highest BCUT2D eigenvalue weighted by molar-refractivity contribution is 5.96. The van der Waals surface area contributed by atoms with Gasteiger partial charge in [-0.15, -0.1) is 0 Å². The summed E-state index contributed by atoms with van der Waals surface area (Å²) in [5.74, 6) is -4.56. The van der Waals surface area contributed by atoms with Gasteiger partial charge in [-0.05, 0) is 45.4 Å². The van der Waals surface area contributed by atoms with Crippen molar-refractivity contribution in [3.63, 3.8) is 0 Å². The van der Waals surface area contributed by atoms with E-state index in [9.17, 15) is 33.9 Å². The zero-order valence-corrected chi connectivity index (χ0v) is 23.4. The van der Waals surface area contributed by atoms with Gasteiger partial charge >= 0.3 is 5.97 Å². The third kappa shape index (κ3) is 11.0. The van der Waals surface area contributed by atoms with Gasteiger partial charge in [0.25, 0.3) is 0 Å². The van der Waals surface area contributed by atoms with Crippen molar-refractivity contribution >= 4 is 41.5 Å². The zero-order chi connectivity index (χ0) is 30.6. The molecule has 1 aliphatic heterocycles. The minimum Gasteiger partial charge on any atom is -0.480 e. The zero-order valence-electron chi connectivity index (χ0n) is 23.4. The molecule has 0 bridgehead atoms. The number of hydrogen-bond donors (Lipinski definition) is 8. The van der Waals surface area contributed by atoms with Gasteiger partial charge < -0.3 is 48.5 Å². The Morgan fingerprint density at radius 3 is 2.20 bits per heavy atom. The predicted octanol–water partition coefficient (Wildman–Crippen LogP) is -3.29. The monoisotopic (exact) mass is 569 g/mol. The molecule has 0 aliphatic carbocycles. The summed E-state index contributed by atoms with van der Waals surface area (Å²) in [7, 11) is 0. The highest BCUT2D eigenvalue weighted by atomic mass is 16.4. The van der Waals surface area contributed by atoms with Crippen molar-refractivity contribution in [3.05, 3.63) is 0 Å². The molecule has 5 amide bonds. The molecule has 1 heterocycles. The molecule has 16 heteroatoms. The van der Waals surface area contributed by atoms with Crippen LogP contribution in [-0.4, -0.2) is 101 Å². The number of carbonyl (C=O) groups excluding carboxylic acids is 5. The number of guanidine groups is 1. The van der Waals surface area contributed by atoms with Crippen molar-refractivity contribution in [2.45, 2.75) is 83.6 Å². The van der Waals surface area contributed by atoms with Crippen LogP contribution >= 0.6 is 0 Å². The van der Waals surface area contributed by atoms with Gasteiger partial charge in [0.05, 0.1) is 12.6 Å². The van der Waals surface area contributed by atoms with Gasteiger partial charge in [-0.1, -0.05) is 13.8 Å². The third-order valence-electron chi connectivity index (χ3n) is 6.24. The predicted molar refractivity (Wildman–Crippen MR) is 145 cm³/mol. The van der Waals surface area contributed by atoms with E-state index in [4.69, 9.17) is 17.2 Å². The van der Waals surface area contributed by atoms with Gasteiger partial charge in [0.2, 0.25) is 29.5 Å². The first kappa shape index (κ1) is 34.1. The second-order valence-electron chi connectivity index (χ2n) is 10.1. The number of amides is 5. The van der Waals surface area contributed by atoms with Crippen LogP contribution in [0.2, 0.25) is 0 Å². The van der Waals surface area contributed by atoms with Gasteiger partial charge in [0.1, 0.15) is 24.2 Å². The number of carboxylic acid groups (broad SMARTS) is 1. The molecular formula is C24H43N9O7. The van der Waals surface area contributed by atoms with E-state index < -0.39 is 72.3 Å². The van der Waals surface area contributed by atoms with Crippen molar-refractivity contribution in [3.8, 4) is 0 Å². The SMILES string of the molecule is CC(C)[C@H](NC(=O)[C@H](C)NC(=O)[C@H](C)N)C(=O)N1CCC[C@H]1C(=O)NCC(=O)N[C@@H](CCCN=C(N)N)C(=O)O. The first-order valence-corrected chi connectivity index (χ1v) is 13.2. The molecule has 1 saturated heterocycles. The van der Waals surface area contributed by atoms with E-state index in [0.29, 0.717) is 19.3 Å². The molecule has 0 radical (unpaired) electrons. The van der Waals surface area contributed by atoms with E-state index in [1.54, 1.807) is 13.8 Å². The number of carbonyl (C=O) groups is 6. The van der Waals surface area contributed by atoms with E-state index in [1.165, 1.54) is 18.7 Å². The lowest BCUT2D eigenvalue weighted by Gasteiger charge is -2.31. The fraction of sp³-hybridized carbons (Fsp3) is 0.708. The number of aliphatic imine (C=N–C) groups is 1. The first-order chi connectivity index (χ1) is 18.6. The number of rotatable bonds is 15. The number of likely N-dealkylation sites (tertiary alicyclic amines) is 1. The van der Waals surface area contributed by atoms with Crippen LogP contribution in [-0.2, 0) is 28.8 Å². The van der Waals surface area contributed by atoms with Crippen LogP contribution in [0.3, 0.4) is 0 Å². The Bertz CT molecular complexity index is 966. The smallest absolute Gasteiger partial charge is 0.326 e. The molecule has 0 unspecified atom stereocenters. The van der Waals surface area contributed by atoms with Gasteiger partial charge in [0, 0.05) is 13.1 Å². The van der Waals surface area contributed by atoms with Crippen LogP contribution in [0.4, 0.5) is 0 Å². The molecule has 0 saturated carbocycles. The maximum absolute atomic E-state index is 13.4. The number of aliphatic carboxylic acids is 1. The largest absolute Gasteiger partial charge is 0.480 e. The molecule has 226 valence electrons. The van der Waals surface area contributed by atoms with Gasteiger partial charge in [-0.2, -0.15) is 0 Å². The number of nitrogens with two attached hydrogens (primary N) is 3. The van der Waals surface area contributed by atoms with Crippen LogP contribution in [0.15, 0.2) is 4.99 Å². The summed E-state index contributed by atoms with van der Waals surface area (Å²) < 4.78 is 0. The number of hydrogen-bond acceptors (Lipinski definition) is 8. The summed E-state index contributed by atoms with van der Waals surface area (Å²) in [5, 5.41) is 19.3. The summed E-state index contributed by atoms with van der Waals surface area (Å²) in [5.41, 5.74) is 16.0. The minimum atomic E-state index is -1.25. The average Bonchev–Trinajstić information content (AvgIpc) is 3.36. The molecule has 0 spiro atoms. The molecule has 11 N–H and O–H groups in total. The number of carboxylic acids is 1. The Morgan fingerprint density at radius 2 is 1.65 bits per heavy atom. The number of nitrogens with one attached hydrogen (secondary N) is 4. The van der Waals surface area contributed by atoms with Gasteiger partial charge in [-0.25, -0.2) is 4.79 Å². The molecule has 16 nitrogen and oxygen atoms in total. The molecule has 40 heavy (non-hydrogen) atoms. The molecule has 0 aromatic carbocycles. The standard InChI is InChI=1S/C24H43N9O7/c1-12(2)18(32-20(36)14(4)30-19(35)13(3)25)22(38)33-10-6-8-16(33)21(37)29-11-17(34)31-15(23(39)40)7-5-9-28-24(26)27/h12-16,18H,5-11,25H2,1-4H3,(H,29,37)(H,30,35)(H,31,34)(H,32,36)(H,39,40)(H4,26,27,28)/t13-,14-,15-,16-,18-/m0/s1. The second-order valence-corrected chi connectivity index (χ2v) is 10.1. The maximum Gasteiger partial charge on any atom is 0.326 e. The fourth-order valence-electron chi connectivity index (χ4n) is 3.98. The molecule has 1 rings (SSSR count). The van der Waals surface area contributed by atoms with Crippen molar-refractivity contribution in [2.24, 2.45) is 28.1 Å². The van der Waals surface area contributed by atoms with Crippen LogP contribution in [0.25, 0.3) is 0 Å². The first-order valence-electron chi connectivity index (χ1n) is 13.2. The Morgan fingerprint density at radius 1 is 1.00 bits per heavy atom. The minimum absolute atomic E-state index is 0.0760. The van der Waals surface area contributed by atoms with E-state index in [1.807, 2.05) is 0 Å². The van der Waals surface area contributed by atoms with E-state index >= 15 is 0 Å². The third-order valence-corrected chi connectivity index (χ3v) is 6.24. The molecule has 1 fully saturated rings. The lowest BCUT2D eigenvalue weighted by Crippen LogP contribution is -2.58. The Labute approximate surface area is 233 Å². The van der Waals surface area contributed by atoms with Crippen LogP contribution in [0, 0.1) is 5.92 Å². The van der Waals surface area contributed by atoms with E-state index in [0.717, 1.165) is 0 Å². The topological polar surface area (TPSA) is 264 Å². The molecule has 0 aromatic rings. The molecule has 5 atom stereocenters. The Kier molecular flexibility index (Phi) is 13.8. The van der Waals surface area contributed by atoms with Crippen molar-refractivity contribution in [2.75, 3.05) is 19.6 Å². The van der Waals surface area contributed by atoms with E-state index in [2.05, 4.69) is 26.3 Å². The fourth-order valence-corrected chi connectivity index (χ4v) is 3.98. The molecular weight excluding hydrogens is 526 g/mol. The Balaban J connectivity index is 2.74. The summed E-state index contributed by atoms with van der Waals surface area (Å²) >= 11 is 0. The number of nitrogens with zero attached hydrogens (tertiary/aromatic N) is 2. The summed E-state index contributed by atoms with van der Waals surface area (Å²) in [6, 6.07) is -4.78. The van der Waals surface area contributed by atoms with Crippen molar-refractivity contribution in [1.29, 1.82) is 0 Å². The highest BCUT2D eigenvalue weighted by Gasteiger charge is 2.39. The van der Waals surface area contributed by atoms with Gasteiger partial charge in [0.15, 0.2) is 5.96 Å². The molecule has 1 aliphatic rings. The normalized spacial score (nSPS) is 17.6. The van der Waals surface area contributed by atoms with Crippen LogP contribution in [0.1, 0.15) is 53.4 Å². The van der Waals surface area contributed by atoms with Crippen LogP contribution in [0.5, 0.6) is 0 Å². The second kappa shape index (κ2) is 16.2.